The van der Waals surface area contributed by atoms with Gasteiger partial charge in [-0.1, -0.05) is 27.7 Å². The summed E-state index contributed by atoms with van der Waals surface area (Å²) in [4.78, 5) is 12.1. The highest BCUT2D eigenvalue weighted by molar-refractivity contribution is 5.57. The van der Waals surface area contributed by atoms with E-state index >= 15 is 0 Å². The van der Waals surface area contributed by atoms with Crippen LogP contribution in [0.4, 0.5) is 0 Å². The van der Waals surface area contributed by atoms with Gasteiger partial charge >= 0.3 is 0 Å². The predicted octanol–water partition coefficient (Wildman–Crippen LogP) is 3.33. The molecule has 0 amide bonds. The smallest absolute Gasteiger partial charge is 0.106 e. The molecule has 17 heavy (non-hydrogen) atoms. The summed E-state index contributed by atoms with van der Waals surface area (Å²) < 4.78 is 0. The minimum Gasteiger partial charge on any atom is -0.342 e. The van der Waals surface area contributed by atoms with Crippen LogP contribution >= 0.6 is 0 Å². The van der Waals surface area contributed by atoms with Crippen LogP contribution in [0.5, 0.6) is 0 Å². The van der Waals surface area contributed by atoms with Crippen LogP contribution in [-0.2, 0) is 11.8 Å². The molecule has 2 heterocycles. The lowest BCUT2D eigenvalue weighted by Crippen LogP contribution is -2.12. The Morgan fingerprint density at radius 1 is 1.12 bits per heavy atom. The fourth-order valence-corrected chi connectivity index (χ4v) is 1.69. The van der Waals surface area contributed by atoms with Crippen molar-refractivity contribution in [2.45, 2.75) is 39.5 Å². The molecule has 0 atom stereocenters. The number of aromatic nitrogens is 3. The second kappa shape index (κ2) is 4.32. The number of rotatable bonds is 2. The maximum absolute atomic E-state index is 4.51. The molecule has 1 N–H and O–H groups in total. The molecule has 0 aliphatic heterocycles. The van der Waals surface area contributed by atoms with Crippen LogP contribution in [0, 0.1) is 0 Å². The third kappa shape index (κ3) is 2.54. The fraction of sp³-hybridized carbons (Fsp3) is 0.429. The molecule has 0 radical (unpaired) electrons. The van der Waals surface area contributed by atoms with E-state index in [0.717, 1.165) is 29.2 Å². The average molecular weight is 229 g/mol. The molecule has 3 nitrogen and oxygen atoms in total. The molecule has 2 aromatic rings. The SMILES string of the molecule is CCc1ncc(-c2ccc(C(C)(C)C)nc2)[nH]1. The van der Waals surface area contributed by atoms with Crippen molar-refractivity contribution in [1.82, 2.24) is 15.0 Å². The normalized spacial score (nSPS) is 11.8. The van der Waals surface area contributed by atoms with Gasteiger partial charge in [0, 0.05) is 29.3 Å². The van der Waals surface area contributed by atoms with Crippen molar-refractivity contribution < 1.29 is 0 Å². The van der Waals surface area contributed by atoms with Crippen molar-refractivity contribution in [2.24, 2.45) is 0 Å². The molecule has 0 aliphatic rings. The van der Waals surface area contributed by atoms with Crippen molar-refractivity contribution in [2.75, 3.05) is 0 Å². The van der Waals surface area contributed by atoms with Crippen molar-refractivity contribution >= 4 is 0 Å². The minimum absolute atomic E-state index is 0.0983. The van der Waals surface area contributed by atoms with Gasteiger partial charge in [0.2, 0.25) is 0 Å². The Morgan fingerprint density at radius 3 is 2.35 bits per heavy atom. The summed E-state index contributed by atoms with van der Waals surface area (Å²) in [5.74, 6) is 1.01. The van der Waals surface area contributed by atoms with E-state index in [1.54, 1.807) is 0 Å². The van der Waals surface area contributed by atoms with Crippen LogP contribution in [0.25, 0.3) is 11.3 Å². The van der Waals surface area contributed by atoms with Crippen LogP contribution in [0.3, 0.4) is 0 Å². The number of H-pyrrole nitrogens is 1. The molecule has 0 saturated heterocycles. The Morgan fingerprint density at radius 2 is 1.88 bits per heavy atom. The molecule has 2 rings (SSSR count). The number of aryl methyl sites for hydroxylation is 1. The number of imidazole rings is 1. The molecule has 0 aromatic carbocycles. The second-order valence-corrected chi connectivity index (χ2v) is 5.28. The first-order valence-corrected chi connectivity index (χ1v) is 6.01. The van der Waals surface area contributed by atoms with Gasteiger partial charge in [0.25, 0.3) is 0 Å². The van der Waals surface area contributed by atoms with Crippen LogP contribution in [0.2, 0.25) is 0 Å². The van der Waals surface area contributed by atoms with Gasteiger partial charge in [-0.3, -0.25) is 4.98 Å². The number of hydrogen-bond donors (Lipinski definition) is 1. The minimum atomic E-state index is 0.0983. The summed E-state index contributed by atoms with van der Waals surface area (Å²) in [6, 6.07) is 4.18. The Kier molecular flexibility index (Phi) is 3.01. The Labute approximate surface area is 102 Å². The van der Waals surface area contributed by atoms with Gasteiger partial charge in [-0.25, -0.2) is 4.98 Å². The van der Waals surface area contributed by atoms with Crippen LogP contribution < -0.4 is 0 Å². The van der Waals surface area contributed by atoms with E-state index in [2.05, 4.69) is 54.8 Å². The third-order valence-corrected chi connectivity index (χ3v) is 2.81. The molecule has 3 heteroatoms. The predicted molar refractivity (Wildman–Crippen MR) is 69.9 cm³/mol. The number of nitrogens with zero attached hydrogens (tertiary/aromatic N) is 2. The molecule has 2 aromatic heterocycles. The van der Waals surface area contributed by atoms with E-state index in [4.69, 9.17) is 0 Å². The molecule has 0 spiro atoms. The van der Waals surface area contributed by atoms with Gasteiger partial charge in [-0.15, -0.1) is 0 Å². The highest BCUT2D eigenvalue weighted by Gasteiger charge is 2.15. The third-order valence-electron chi connectivity index (χ3n) is 2.81. The zero-order valence-corrected chi connectivity index (χ0v) is 10.9. The van der Waals surface area contributed by atoms with Crippen molar-refractivity contribution in [3.63, 3.8) is 0 Å². The maximum atomic E-state index is 4.51. The average Bonchev–Trinajstić information content (AvgIpc) is 2.76. The highest BCUT2D eigenvalue weighted by atomic mass is 14.9. The summed E-state index contributed by atoms with van der Waals surface area (Å²) >= 11 is 0. The summed E-state index contributed by atoms with van der Waals surface area (Å²) in [5.41, 5.74) is 3.33. The second-order valence-electron chi connectivity index (χ2n) is 5.28. The number of pyridine rings is 1. The molecular formula is C14H19N3. The lowest BCUT2D eigenvalue weighted by atomic mass is 9.91. The fourth-order valence-electron chi connectivity index (χ4n) is 1.69. The maximum Gasteiger partial charge on any atom is 0.106 e. The molecule has 0 saturated carbocycles. The van der Waals surface area contributed by atoms with Crippen molar-refractivity contribution in [1.29, 1.82) is 0 Å². The Balaban J connectivity index is 2.29. The molecule has 0 aliphatic carbocycles. The Hall–Kier alpha value is -1.64. The first kappa shape index (κ1) is 11.8. The van der Waals surface area contributed by atoms with E-state index in [9.17, 15) is 0 Å². The van der Waals surface area contributed by atoms with E-state index in [1.165, 1.54) is 0 Å². The standard InChI is InChI=1S/C14H19N3/c1-5-13-16-9-11(17-13)10-6-7-12(15-8-10)14(2,3)4/h6-9H,5H2,1-4H3,(H,16,17). The van der Waals surface area contributed by atoms with Gasteiger partial charge in [0.1, 0.15) is 5.82 Å². The van der Waals surface area contributed by atoms with E-state index < -0.39 is 0 Å². The van der Waals surface area contributed by atoms with Crippen LogP contribution in [0.1, 0.15) is 39.2 Å². The van der Waals surface area contributed by atoms with E-state index in [1.807, 2.05) is 12.4 Å². The summed E-state index contributed by atoms with van der Waals surface area (Å²) in [6.07, 6.45) is 4.70. The zero-order valence-electron chi connectivity index (χ0n) is 10.9. The van der Waals surface area contributed by atoms with Gasteiger partial charge in [0.05, 0.1) is 11.9 Å². The summed E-state index contributed by atoms with van der Waals surface area (Å²) in [6.45, 7) is 8.59. The van der Waals surface area contributed by atoms with E-state index in [0.29, 0.717) is 0 Å². The van der Waals surface area contributed by atoms with Gasteiger partial charge in [-0.2, -0.15) is 0 Å². The monoisotopic (exact) mass is 229 g/mol. The molecule has 90 valence electrons. The number of nitrogens with one attached hydrogen (secondary N) is 1. The largest absolute Gasteiger partial charge is 0.342 e. The molecule has 0 bridgehead atoms. The van der Waals surface area contributed by atoms with E-state index in [-0.39, 0.29) is 5.41 Å². The number of hydrogen-bond acceptors (Lipinski definition) is 2. The first-order chi connectivity index (χ1) is 8.00. The lowest BCUT2D eigenvalue weighted by molar-refractivity contribution is 0.569. The van der Waals surface area contributed by atoms with Crippen LogP contribution in [-0.4, -0.2) is 15.0 Å². The molecule has 0 fully saturated rings. The van der Waals surface area contributed by atoms with Crippen molar-refractivity contribution in [3.8, 4) is 11.3 Å². The summed E-state index contributed by atoms with van der Waals surface area (Å²) in [5, 5.41) is 0. The topological polar surface area (TPSA) is 41.6 Å². The van der Waals surface area contributed by atoms with Crippen molar-refractivity contribution in [3.05, 3.63) is 36.0 Å². The van der Waals surface area contributed by atoms with Gasteiger partial charge < -0.3 is 4.98 Å². The summed E-state index contributed by atoms with van der Waals surface area (Å²) in [7, 11) is 0. The molecule has 0 unspecified atom stereocenters. The number of aromatic amines is 1. The molecular weight excluding hydrogens is 210 g/mol. The van der Waals surface area contributed by atoms with Gasteiger partial charge in [-0.05, 0) is 12.1 Å². The lowest BCUT2D eigenvalue weighted by Gasteiger charge is -2.17. The zero-order chi connectivity index (χ0) is 12.5. The first-order valence-electron chi connectivity index (χ1n) is 6.01. The highest BCUT2D eigenvalue weighted by Crippen LogP contribution is 2.22. The van der Waals surface area contributed by atoms with Gasteiger partial charge in [0.15, 0.2) is 0 Å². The quantitative estimate of drug-likeness (QED) is 0.858. The Bertz CT molecular complexity index is 489. The van der Waals surface area contributed by atoms with Crippen LogP contribution in [0.15, 0.2) is 24.5 Å².